The third-order valence-corrected chi connectivity index (χ3v) is 4.43. The maximum absolute atomic E-state index is 12.6. The minimum Gasteiger partial charge on any atom is -0.497 e. The Morgan fingerprint density at radius 3 is 2.38 bits per heavy atom. The molecule has 166 valence electrons. The number of carbonyl (C=O) groups excluding carboxylic acids is 3. The molecule has 0 aliphatic heterocycles. The van der Waals surface area contributed by atoms with Crippen LogP contribution in [0.5, 0.6) is 5.75 Å². The number of imide groups is 1. The molecule has 0 saturated carbocycles. The van der Waals surface area contributed by atoms with Gasteiger partial charge in [0, 0.05) is 17.6 Å². The van der Waals surface area contributed by atoms with Gasteiger partial charge in [0.25, 0.3) is 11.5 Å². The van der Waals surface area contributed by atoms with Gasteiger partial charge in [-0.3, -0.25) is 14.9 Å². The Kier molecular flexibility index (Phi) is 7.17. The minimum absolute atomic E-state index is 0.0795. The van der Waals surface area contributed by atoms with Crippen molar-refractivity contribution >= 4 is 34.4 Å². The molecule has 10 heteroatoms. The van der Waals surface area contributed by atoms with Crippen molar-refractivity contribution in [3.8, 4) is 5.75 Å². The van der Waals surface area contributed by atoms with Crippen molar-refractivity contribution in [3.05, 3.63) is 64.6 Å². The summed E-state index contributed by atoms with van der Waals surface area (Å²) in [6.45, 7) is 1.51. The smallest absolute Gasteiger partial charge is 0.359 e. The van der Waals surface area contributed by atoms with Gasteiger partial charge in [0.15, 0.2) is 12.3 Å². The Morgan fingerprint density at radius 1 is 1.03 bits per heavy atom. The van der Waals surface area contributed by atoms with Crippen molar-refractivity contribution in [2.45, 2.75) is 19.9 Å². The van der Waals surface area contributed by atoms with E-state index in [1.807, 2.05) is 6.92 Å². The molecule has 32 heavy (non-hydrogen) atoms. The van der Waals surface area contributed by atoms with E-state index >= 15 is 0 Å². The summed E-state index contributed by atoms with van der Waals surface area (Å²) < 4.78 is 11.3. The molecule has 0 radical (unpaired) electrons. The number of hydrogen-bond acceptors (Lipinski definition) is 7. The standard InChI is InChI=1S/C22H22N4O6/c1-3-12-26-20(28)17-7-5-4-6-16(17)19(25-26)21(29)32-13-18(27)24-22(30)23-14-8-10-15(31-2)11-9-14/h4-11H,3,12-13H2,1-2H3,(H2,23,24,27,30). The topological polar surface area (TPSA) is 129 Å². The number of hydrogen-bond donors (Lipinski definition) is 2. The van der Waals surface area contributed by atoms with E-state index in [1.54, 1.807) is 48.5 Å². The monoisotopic (exact) mass is 438 g/mol. The van der Waals surface area contributed by atoms with Gasteiger partial charge in [0.05, 0.1) is 12.5 Å². The highest BCUT2D eigenvalue weighted by molar-refractivity contribution is 6.04. The number of nitrogens with one attached hydrogen (secondary N) is 2. The van der Waals surface area contributed by atoms with E-state index in [-0.39, 0.29) is 11.3 Å². The van der Waals surface area contributed by atoms with Crippen molar-refractivity contribution in [1.29, 1.82) is 0 Å². The van der Waals surface area contributed by atoms with Gasteiger partial charge in [0.2, 0.25) is 0 Å². The van der Waals surface area contributed by atoms with Crippen LogP contribution in [0.4, 0.5) is 10.5 Å². The SMILES string of the molecule is CCCn1nc(C(=O)OCC(=O)NC(=O)Nc2ccc(OC)cc2)c2ccccc2c1=O. The second-order valence-electron chi connectivity index (χ2n) is 6.73. The molecule has 0 saturated heterocycles. The van der Waals surface area contributed by atoms with E-state index in [1.165, 1.54) is 11.8 Å². The average molecular weight is 438 g/mol. The summed E-state index contributed by atoms with van der Waals surface area (Å²) >= 11 is 0. The van der Waals surface area contributed by atoms with Gasteiger partial charge in [-0.1, -0.05) is 25.1 Å². The molecule has 0 aliphatic rings. The minimum atomic E-state index is -0.878. The number of nitrogens with zero attached hydrogens (tertiary/aromatic N) is 2. The maximum atomic E-state index is 12.6. The summed E-state index contributed by atoms with van der Waals surface area (Å²) in [5, 5.41) is 9.31. The Labute approximate surface area is 183 Å². The number of rotatable bonds is 7. The van der Waals surface area contributed by atoms with Crippen LogP contribution in [0.3, 0.4) is 0 Å². The van der Waals surface area contributed by atoms with E-state index in [2.05, 4.69) is 15.7 Å². The van der Waals surface area contributed by atoms with Gasteiger partial charge < -0.3 is 14.8 Å². The van der Waals surface area contributed by atoms with Crippen molar-refractivity contribution in [2.75, 3.05) is 19.0 Å². The van der Waals surface area contributed by atoms with Crippen LogP contribution in [0, 0.1) is 0 Å². The Morgan fingerprint density at radius 2 is 1.72 bits per heavy atom. The number of urea groups is 1. The molecule has 0 unspecified atom stereocenters. The number of methoxy groups -OCH3 is 1. The number of anilines is 1. The van der Waals surface area contributed by atoms with Gasteiger partial charge in [-0.2, -0.15) is 5.10 Å². The first-order valence-electron chi connectivity index (χ1n) is 9.84. The Balaban J connectivity index is 1.64. The number of benzene rings is 2. The van der Waals surface area contributed by atoms with E-state index in [9.17, 15) is 19.2 Å². The van der Waals surface area contributed by atoms with Crippen molar-refractivity contribution in [1.82, 2.24) is 15.1 Å². The molecule has 3 amide bonds. The highest BCUT2D eigenvalue weighted by atomic mass is 16.5. The maximum Gasteiger partial charge on any atom is 0.359 e. The second-order valence-corrected chi connectivity index (χ2v) is 6.73. The van der Waals surface area contributed by atoms with E-state index in [4.69, 9.17) is 9.47 Å². The van der Waals surface area contributed by atoms with Crippen molar-refractivity contribution in [3.63, 3.8) is 0 Å². The van der Waals surface area contributed by atoms with Crippen LogP contribution in [-0.2, 0) is 16.1 Å². The van der Waals surface area contributed by atoms with E-state index in [0.29, 0.717) is 35.2 Å². The number of aryl methyl sites for hydroxylation is 1. The molecular formula is C22H22N4O6. The molecule has 3 rings (SSSR count). The fourth-order valence-corrected chi connectivity index (χ4v) is 2.95. The summed E-state index contributed by atoms with van der Waals surface area (Å²) in [6.07, 6.45) is 0.644. The van der Waals surface area contributed by atoms with Crippen LogP contribution < -0.4 is 20.9 Å². The zero-order valence-corrected chi connectivity index (χ0v) is 17.6. The number of amides is 3. The lowest BCUT2D eigenvalue weighted by molar-refractivity contribution is -0.123. The first kappa shape index (κ1) is 22.5. The molecule has 3 aromatic rings. The molecule has 2 N–H and O–H groups in total. The van der Waals surface area contributed by atoms with Gasteiger partial charge in [0.1, 0.15) is 5.75 Å². The summed E-state index contributed by atoms with van der Waals surface area (Å²) in [5.74, 6) is -1.09. The van der Waals surface area contributed by atoms with Crippen LogP contribution in [0.25, 0.3) is 10.8 Å². The van der Waals surface area contributed by atoms with Crippen molar-refractivity contribution in [2.24, 2.45) is 0 Å². The molecule has 2 aromatic carbocycles. The van der Waals surface area contributed by atoms with Crippen molar-refractivity contribution < 1.29 is 23.9 Å². The molecule has 1 heterocycles. The quantitative estimate of drug-likeness (QED) is 0.542. The highest BCUT2D eigenvalue weighted by Crippen LogP contribution is 2.15. The Hall–Kier alpha value is -4.21. The number of fused-ring (bicyclic) bond motifs is 1. The summed E-state index contributed by atoms with van der Waals surface area (Å²) in [7, 11) is 1.52. The van der Waals surface area contributed by atoms with Gasteiger partial charge in [-0.25, -0.2) is 14.3 Å². The fraction of sp³-hybridized carbons (Fsp3) is 0.227. The summed E-state index contributed by atoms with van der Waals surface area (Å²) in [4.78, 5) is 49.1. The molecule has 0 bridgehead atoms. The van der Waals surface area contributed by atoms with Crippen LogP contribution in [0.1, 0.15) is 23.8 Å². The molecular weight excluding hydrogens is 416 g/mol. The number of esters is 1. The summed E-state index contributed by atoms with van der Waals surface area (Å²) in [6, 6.07) is 12.2. The third-order valence-electron chi connectivity index (χ3n) is 4.43. The normalized spacial score (nSPS) is 10.4. The molecule has 0 spiro atoms. The molecule has 10 nitrogen and oxygen atoms in total. The highest BCUT2D eigenvalue weighted by Gasteiger charge is 2.19. The molecule has 0 aliphatic carbocycles. The molecule has 0 atom stereocenters. The van der Waals surface area contributed by atoms with Gasteiger partial charge in [-0.15, -0.1) is 0 Å². The number of aromatic nitrogens is 2. The lowest BCUT2D eigenvalue weighted by Crippen LogP contribution is -2.37. The first-order valence-corrected chi connectivity index (χ1v) is 9.84. The largest absolute Gasteiger partial charge is 0.497 e. The lowest BCUT2D eigenvalue weighted by atomic mass is 10.1. The van der Waals surface area contributed by atoms with E-state index < -0.39 is 24.5 Å². The first-order chi connectivity index (χ1) is 15.4. The van der Waals surface area contributed by atoms with Gasteiger partial charge in [-0.05, 0) is 36.8 Å². The molecule has 1 aromatic heterocycles. The fourth-order valence-electron chi connectivity index (χ4n) is 2.95. The van der Waals surface area contributed by atoms with Crippen LogP contribution in [0.15, 0.2) is 53.3 Å². The lowest BCUT2D eigenvalue weighted by Gasteiger charge is -2.10. The van der Waals surface area contributed by atoms with Gasteiger partial charge >= 0.3 is 12.0 Å². The molecule has 0 fully saturated rings. The second kappa shape index (κ2) is 10.2. The van der Waals surface area contributed by atoms with Crippen LogP contribution in [0.2, 0.25) is 0 Å². The third kappa shape index (κ3) is 5.28. The summed E-state index contributed by atoms with van der Waals surface area (Å²) in [5.41, 5.74) is 0.0537. The number of carbonyl (C=O) groups is 3. The predicted octanol–water partition coefficient (Wildman–Crippen LogP) is 2.32. The van der Waals surface area contributed by atoms with E-state index in [0.717, 1.165) is 0 Å². The predicted molar refractivity (Wildman–Crippen MR) is 117 cm³/mol. The number of ether oxygens (including phenoxy) is 2. The van der Waals surface area contributed by atoms with Crippen LogP contribution in [-0.4, -0.2) is 41.4 Å². The zero-order valence-electron chi connectivity index (χ0n) is 17.6. The zero-order chi connectivity index (χ0) is 23.1. The van der Waals surface area contributed by atoms with Crippen LogP contribution >= 0.6 is 0 Å². The average Bonchev–Trinajstić information content (AvgIpc) is 2.80. The Bertz CT molecular complexity index is 1200.